The standard InChI is InChI=1S/C13H20N6O2/c1-3-4-18-7-13(21)19(8-12(18)20)6-11-15-9(2)5-10(16-11)17-14/h5H,3-4,6-8,14H2,1-2H3,(H,15,16,17). The quantitative estimate of drug-likeness (QED) is 0.568. The second-order valence-electron chi connectivity index (χ2n) is 5.02. The number of carbonyl (C=O) groups excluding carboxylic acids is 2. The van der Waals surface area contributed by atoms with Crippen molar-refractivity contribution in [2.24, 2.45) is 5.84 Å². The molecule has 0 saturated carbocycles. The lowest BCUT2D eigenvalue weighted by Gasteiger charge is -2.33. The van der Waals surface area contributed by atoms with Gasteiger partial charge in [-0.15, -0.1) is 0 Å². The third-order valence-electron chi connectivity index (χ3n) is 3.23. The van der Waals surface area contributed by atoms with Gasteiger partial charge in [-0.3, -0.25) is 9.59 Å². The largest absolute Gasteiger partial charge is 0.332 e. The van der Waals surface area contributed by atoms with Gasteiger partial charge in [-0.05, 0) is 13.3 Å². The minimum absolute atomic E-state index is 0.0405. The number of hydrogen-bond acceptors (Lipinski definition) is 6. The fourth-order valence-electron chi connectivity index (χ4n) is 2.27. The molecule has 0 bridgehead atoms. The van der Waals surface area contributed by atoms with E-state index in [0.29, 0.717) is 18.2 Å². The van der Waals surface area contributed by atoms with Gasteiger partial charge in [0, 0.05) is 18.3 Å². The van der Waals surface area contributed by atoms with Gasteiger partial charge in [0.2, 0.25) is 11.8 Å². The molecule has 1 fully saturated rings. The predicted molar refractivity (Wildman–Crippen MR) is 76.9 cm³/mol. The number of aromatic nitrogens is 2. The molecule has 2 amide bonds. The highest BCUT2D eigenvalue weighted by molar-refractivity contribution is 5.92. The summed E-state index contributed by atoms with van der Waals surface area (Å²) in [6.07, 6.45) is 0.839. The van der Waals surface area contributed by atoms with Crippen molar-refractivity contribution in [2.45, 2.75) is 26.8 Å². The number of nitrogens with one attached hydrogen (secondary N) is 1. The Bertz CT molecular complexity index is 547. The van der Waals surface area contributed by atoms with E-state index in [-0.39, 0.29) is 31.4 Å². The molecule has 0 unspecified atom stereocenters. The number of anilines is 1. The maximum Gasteiger partial charge on any atom is 0.243 e. The van der Waals surface area contributed by atoms with Crippen LogP contribution >= 0.6 is 0 Å². The first kappa shape index (κ1) is 15.2. The monoisotopic (exact) mass is 292 g/mol. The number of rotatable bonds is 5. The van der Waals surface area contributed by atoms with Crippen molar-refractivity contribution in [1.82, 2.24) is 19.8 Å². The van der Waals surface area contributed by atoms with E-state index in [1.54, 1.807) is 11.0 Å². The van der Waals surface area contributed by atoms with Crippen molar-refractivity contribution in [1.29, 1.82) is 0 Å². The molecule has 0 spiro atoms. The lowest BCUT2D eigenvalue weighted by molar-refractivity contribution is -0.150. The summed E-state index contributed by atoms with van der Waals surface area (Å²) in [5.74, 6) is 6.16. The molecule has 2 heterocycles. The molecule has 8 nitrogen and oxygen atoms in total. The summed E-state index contributed by atoms with van der Waals surface area (Å²) in [6.45, 7) is 4.81. The lowest BCUT2D eigenvalue weighted by atomic mass is 10.2. The zero-order valence-electron chi connectivity index (χ0n) is 12.3. The van der Waals surface area contributed by atoms with Crippen LogP contribution in [0.3, 0.4) is 0 Å². The summed E-state index contributed by atoms with van der Waals surface area (Å²) in [7, 11) is 0. The molecule has 114 valence electrons. The van der Waals surface area contributed by atoms with Crippen LogP contribution in [0.15, 0.2) is 6.07 Å². The van der Waals surface area contributed by atoms with E-state index < -0.39 is 0 Å². The van der Waals surface area contributed by atoms with Crippen molar-refractivity contribution >= 4 is 17.6 Å². The zero-order valence-corrected chi connectivity index (χ0v) is 12.3. The van der Waals surface area contributed by atoms with Gasteiger partial charge in [0.05, 0.1) is 13.1 Å². The van der Waals surface area contributed by atoms with Crippen LogP contribution in [0.4, 0.5) is 5.82 Å². The van der Waals surface area contributed by atoms with Crippen LogP contribution in [0.25, 0.3) is 0 Å². The number of nitrogens with two attached hydrogens (primary N) is 1. The summed E-state index contributed by atoms with van der Waals surface area (Å²) in [5.41, 5.74) is 3.21. The minimum atomic E-state index is -0.0876. The van der Waals surface area contributed by atoms with E-state index in [4.69, 9.17) is 5.84 Å². The molecule has 2 rings (SSSR count). The molecule has 1 aliphatic heterocycles. The zero-order chi connectivity index (χ0) is 15.4. The summed E-state index contributed by atoms with van der Waals surface area (Å²) in [5, 5.41) is 0. The minimum Gasteiger partial charge on any atom is -0.332 e. The molecule has 0 aliphatic carbocycles. The number of amides is 2. The van der Waals surface area contributed by atoms with Crippen molar-refractivity contribution in [3.8, 4) is 0 Å². The molecule has 1 saturated heterocycles. The molecule has 1 aromatic rings. The van der Waals surface area contributed by atoms with E-state index in [1.807, 2.05) is 13.8 Å². The van der Waals surface area contributed by atoms with Gasteiger partial charge in [-0.2, -0.15) is 0 Å². The van der Waals surface area contributed by atoms with Gasteiger partial charge in [-0.1, -0.05) is 6.92 Å². The number of nitrogens with zero attached hydrogens (tertiary/aromatic N) is 4. The maximum atomic E-state index is 12.1. The van der Waals surface area contributed by atoms with E-state index in [9.17, 15) is 9.59 Å². The van der Waals surface area contributed by atoms with Crippen LogP contribution in [0.2, 0.25) is 0 Å². The SMILES string of the molecule is CCCN1CC(=O)N(Cc2nc(C)cc(NN)n2)CC1=O. The Labute approximate surface area is 123 Å². The van der Waals surface area contributed by atoms with Gasteiger partial charge in [0.25, 0.3) is 0 Å². The number of aryl methyl sites for hydroxylation is 1. The second-order valence-corrected chi connectivity index (χ2v) is 5.02. The van der Waals surface area contributed by atoms with Crippen LogP contribution in [-0.4, -0.2) is 51.2 Å². The third kappa shape index (κ3) is 3.66. The average molecular weight is 292 g/mol. The molecule has 0 radical (unpaired) electrons. The Hall–Kier alpha value is -2.22. The predicted octanol–water partition coefficient (Wildman–Crippen LogP) is -0.349. The highest BCUT2D eigenvalue weighted by Crippen LogP contribution is 2.11. The lowest BCUT2D eigenvalue weighted by Crippen LogP contribution is -2.53. The van der Waals surface area contributed by atoms with Crippen molar-refractivity contribution in [3.63, 3.8) is 0 Å². The summed E-state index contributed by atoms with van der Waals surface area (Å²) >= 11 is 0. The number of carbonyl (C=O) groups is 2. The fourth-order valence-corrected chi connectivity index (χ4v) is 2.27. The Balaban J connectivity index is 2.08. The molecule has 0 aromatic carbocycles. The van der Waals surface area contributed by atoms with Crippen molar-refractivity contribution < 1.29 is 9.59 Å². The summed E-state index contributed by atoms with van der Waals surface area (Å²) in [4.78, 5) is 35.6. The number of hydrazine groups is 1. The van der Waals surface area contributed by atoms with Crippen LogP contribution in [0.1, 0.15) is 24.9 Å². The van der Waals surface area contributed by atoms with Crippen LogP contribution in [0, 0.1) is 6.92 Å². The van der Waals surface area contributed by atoms with Crippen LogP contribution < -0.4 is 11.3 Å². The van der Waals surface area contributed by atoms with Crippen LogP contribution in [0.5, 0.6) is 0 Å². The molecule has 3 N–H and O–H groups in total. The van der Waals surface area contributed by atoms with Crippen molar-refractivity contribution in [3.05, 3.63) is 17.6 Å². The number of nitrogen functional groups attached to an aromatic ring is 1. The summed E-state index contributed by atoms with van der Waals surface area (Å²) in [6, 6.07) is 1.70. The van der Waals surface area contributed by atoms with E-state index in [2.05, 4.69) is 15.4 Å². The first-order chi connectivity index (χ1) is 10.0. The topological polar surface area (TPSA) is 104 Å². The van der Waals surface area contributed by atoms with Gasteiger partial charge in [0.15, 0.2) is 0 Å². The van der Waals surface area contributed by atoms with E-state index in [1.165, 1.54) is 4.90 Å². The van der Waals surface area contributed by atoms with E-state index >= 15 is 0 Å². The number of hydrogen-bond donors (Lipinski definition) is 2. The Morgan fingerprint density at radius 3 is 2.57 bits per heavy atom. The fraction of sp³-hybridized carbons (Fsp3) is 0.538. The highest BCUT2D eigenvalue weighted by Gasteiger charge is 2.29. The number of piperazine rings is 1. The smallest absolute Gasteiger partial charge is 0.243 e. The molecule has 0 atom stereocenters. The van der Waals surface area contributed by atoms with Gasteiger partial charge in [-0.25, -0.2) is 15.8 Å². The maximum absolute atomic E-state index is 12.1. The Morgan fingerprint density at radius 1 is 1.24 bits per heavy atom. The average Bonchev–Trinajstić information content (AvgIpc) is 2.44. The van der Waals surface area contributed by atoms with E-state index in [0.717, 1.165) is 12.1 Å². The molecular formula is C13H20N6O2. The molecule has 21 heavy (non-hydrogen) atoms. The molecule has 8 heteroatoms. The van der Waals surface area contributed by atoms with Crippen molar-refractivity contribution in [2.75, 3.05) is 25.1 Å². The Kier molecular flexibility index (Phi) is 4.69. The molecule has 1 aromatic heterocycles. The normalized spacial score (nSPS) is 15.6. The van der Waals surface area contributed by atoms with Gasteiger partial charge in [0.1, 0.15) is 18.2 Å². The van der Waals surface area contributed by atoms with Gasteiger partial charge >= 0.3 is 0 Å². The molecular weight excluding hydrogens is 272 g/mol. The molecule has 1 aliphatic rings. The second kappa shape index (κ2) is 6.49. The highest BCUT2D eigenvalue weighted by atomic mass is 16.2. The first-order valence-electron chi connectivity index (χ1n) is 6.90. The van der Waals surface area contributed by atoms with Gasteiger partial charge < -0.3 is 15.2 Å². The third-order valence-corrected chi connectivity index (χ3v) is 3.23. The van der Waals surface area contributed by atoms with Crippen LogP contribution in [-0.2, 0) is 16.1 Å². The first-order valence-corrected chi connectivity index (χ1v) is 6.90. The Morgan fingerprint density at radius 2 is 1.90 bits per heavy atom. The summed E-state index contributed by atoms with van der Waals surface area (Å²) < 4.78 is 0.